The minimum atomic E-state index is -3.87. The van der Waals surface area contributed by atoms with E-state index >= 15 is 0 Å². The molecule has 0 spiro atoms. The van der Waals surface area contributed by atoms with Gasteiger partial charge in [-0.2, -0.15) is 0 Å². The molecular weight excluding hydrogens is 410 g/mol. The number of rotatable bonds is 4. The van der Waals surface area contributed by atoms with Crippen LogP contribution in [0.15, 0.2) is 57.9 Å². The molecule has 3 rings (SSSR count). The third kappa shape index (κ3) is 3.50. The van der Waals surface area contributed by atoms with Crippen molar-refractivity contribution in [3.63, 3.8) is 0 Å². The fourth-order valence-corrected chi connectivity index (χ4v) is 4.58. The molecule has 0 amide bonds. The monoisotopic (exact) mass is 425 g/mol. The molecule has 0 fully saturated rings. The number of anilines is 1. The quantitative estimate of drug-likeness (QED) is 0.703. The number of carbonyl (C=O) groups excluding carboxylic acids is 1. The third-order valence-electron chi connectivity index (χ3n) is 3.87. The smallest absolute Gasteiger partial charge is 0.307 e. The van der Waals surface area contributed by atoms with Crippen molar-refractivity contribution in [2.24, 2.45) is 0 Å². The SMILES string of the molecule is COC(=O)C[C@H]1COc2ccccc2N1S(=O)(=O)c1ccc(Br)cc1. The summed E-state index contributed by atoms with van der Waals surface area (Å²) in [6, 6.07) is 12.5. The second kappa shape index (κ2) is 7.05. The van der Waals surface area contributed by atoms with Crippen molar-refractivity contribution >= 4 is 37.6 Å². The molecule has 0 bridgehead atoms. The maximum absolute atomic E-state index is 13.2. The predicted molar refractivity (Wildman–Crippen MR) is 96.2 cm³/mol. The summed E-state index contributed by atoms with van der Waals surface area (Å²) in [4.78, 5) is 11.9. The minimum Gasteiger partial charge on any atom is -0.489 e. The number of benzene rings is 2. The normalized spacial score (nSPS) is 16.7. The molecule has 2 aromatic carbocycles. The van der Waals surface area contributed by atoms with Crippen LogP contribution in [0.4, 0.5) is 5.69 Å². The molecule has 1 aliphatic rings. The van der Waals surface area contributed by atoms with Crippen molar-refractivity contribution in [3.8, 4) is 5.75 Å². The molecule has 132 valence electrons. The van der Waals surface area contributed by atoms with E-state index in [0.717, 1.165) is 4.47 Å². The first-order valence-corrected chi connectivity index (χ1v) is 9.75. The maximum atomic E-state index is 13.2. The van der Waals surface area contributed by atoms with Crippen LogP contribution in [-0.4, -0.2) is 34.1 Å². The van der Waals surface area contributed by atoms with Gasteiger partial charge in [0.1, 0.15) is 12.4 Å². The number of hydrogen-bond donors (Lipinski definition) is 0. The fourth-order valence-electron chi connectivity index (χ4n) is 2.68. The Labute approximate surface area is 154 Å². The minimum absolute atomic E-state index is 0.0713. The van der Waals surface area contributed by atoms with Crippen molar-refractivity contribution in [3.05, 3.63) is 53.0 Å². The van der Waals surface area contributed by atoms with Crippen molar-refractivity contribution in [2.45, 2.75) is 17.4 Å². The summed E-state index contributed by atoms with van der Waals surface area (Å²) in [6.07, 6.45) is -0.0966. The van der Waals surface area contributed by atoms with Gasteiger partial charge in [0.25, 0.3) is 10.0 Å². The molecule has 0 aromatic heterocycles. The van der Waals surface area contributed by atoms with E-state index in [4.69, 9.17) is 9.47 Å². The summed E-state index contributed by atoms with van der Waals surface area (Å²) < 4.78 is 38.9. The number of esters is 1. The number of fused-ring (bicyclic) bond motifs is 1. The Kier molecular flexibility index (Phi) is 5.01. The van der Waals surface area contributed by atoms with Crippen LogP contribution >= 0.6 is 15.9 Å². The summed E-state index contributed by atoms with van der Waals surface area (Å²) in [5, 5.41) is 0. The molecule has 2 aromatic rings. The maximum Gasteiger partial charge on any atom is 0.307 e. The van der Waals surface area contributed by atoms with Gasteiger partial charge in [-0.3, -0.25) is 9.10 Å². The van der Waals surface area contributed by atoms with E-state index < -0.39 is 22.0 Å². The fraction of sp³-hybridized carbons (Fsp3) is 0.235. The Morgan fingerprint density at radius 2 is 1.92 bits per heavy atom. The van der Waals surface area contributed by atoms with Gasteiger partial charge in [0.05, 0.1) is 30.2 Å². The lowest BCUT2D eigenvalue weighted by Crippen LogP contribution is -2.47. The average molecular weight is 426 g/mol. The van der Waals surface area contributed by atoms with Crippen molar-refractivity contribution in [2.75, 3.05) is 18.0 Å². The van der Waals surface area contributed by atoms with Crippen molar-refractivity contribution in [1.82, 2.24) is 0 Å². The molecule has 1 aliphatic heterocycles. The second-order valence-corrected chi connectivity index (χ2v) is 8.20. The second-order valence-electron chi connectivity index (χ2n) is 5.47. The van der Waals surface area contributed by atoms with E-state index in [1.165, 1.54) is 23.5 Å². The highest BCUT2D eigenvalue weighted by Crippen LogP contribution is 2.38. The number of hydrogen-bond acceptors (Lipinski definition) is 5. The molecule has 1 atom stereocenters. The first-order chi connectivity index (χ1) is 11.9. The Balaban J connectivity index is 2.09. The highest BCUT2D eigenvalue weighted by molar-refractivity contribution is 9.10. The first kappa shape index (κ1) is 17.8. The highest BCUT2D eigenvalue weighted by Gasteiger charge is 2.38. The summed E-state index contributed by atoms with van der Waals surface area (Å²) in [7, 11) is -2.60. The number of para-hydroxylation sites is 2. The van der Waals surface area contributed by atoms with Gasteiger partial charge in [0.15, 0.2) is 0 Å². The van der Waals surface area contributed by atoms with Gasteiger partial charge in [-0.15, -0.1) is 0 Å². The Morgan fingerprint density at radius 3 is 2.60 bits per heavy atom. The van der Waals surface area contributed by atoms with E-state index in [0.29, 0.717) is 11.4 Å². The van der Waals surface area contributed by atoms with Crippen LogP contribution in [0.2, 0.25) is 0 Å². The zero-order valence-corrected chi connectivity index (χ0v) is 15.8. The largest absolute Gasteiger partial charge is 0.489 e. The zero-order valence-electron chi connectivity index (χ0n) is 13.4. The highest BCUT2D eigenvalue weighted by atomic mass is 79.9. The van der Waals surface area contributed by atoms with Gasteiger partial charge in [0.2, 0.25) is 0 Å². The Morgan fingerprint density at radius 1 is 1.24 bits per heavy atom. The van der Waals surface area contributed by atoms with E-state index in [-0.39, 0.29) is 17.9 Å². The van der Waals surface area contributed by atoms with E-state index in [1.54, 1.807) is 36.4 Å². The first-order valence-electron chi connectivity index (χ1n) is 7.52. The molecule has 0 N–H and O–H groups in total. The molecule has 0 radical (unpaired) electrons. The van der Waals surface area contributed by atoms with Crippen LogP contribution in [0.3, 0.4) is 0 Å². The summed E-state index contributed by atoms with van der Waals surface area (Å²) in [5.74, 6) is -0.0340. The number of ether oxygens (including phenoxy) is 2. The standard InChI is InChI=1S/C17H16BrNO5S/c1-23-17(20)10-13-11-24-16-5-3-2-4-15(16)19(13)25(21,22)14-8-6-12(18)7-9-14/h2-9,13H,10-11H2,1H3/t13-/m0/s1. The molecule has 8 heteroatoms. The van der Waals surface area contributed by atoms with Crippen LogP contribution in [0, 0.1) is 0 Å². The van der Waals surface area contributed by atoms with Crippen molar-refractivity contribution < 1.29 is 22.7 Å². The molecule has 0 unspecified atom stereocenters. The lowest BCUT2D eigenvalue weighted by molar-refractivity contribution is -0.141. The summed E-state index contributed by atoms with van der Waals surface area (Å²) >= 11 is 3.30. The van der Waals surface area contributed by atoms with Gasteiger partial charge in [0, 0.05) is 4.47 Å². The number of carbonyl (C=O) groups is 1. The van der Waals surface area contributed by atoms with Gasteiger partial charge in [-0.05, 0) is 36.4 Å². The van der Waals surface area contributed by atoms with Gasteiger partial charge >= 0.3 is 5.97 Å². The lowest BCUT2D eigenvalue weighted by atomic mass is 10.1. The molecule has 6 nitrogen and oxygen atoms in total. The van der Waals surface area contributed by atoms with Crippen LogP contribution in [0.5, 0.6) is 5.75 Å². The number of halogens is 1. The molecule has 0 saturated carbocycles. The number of methoxy groups -OCH3 is 1. The van der Waals surface area contributed by atoms with Crippen LogP contribution in [0.1, 0.15) is 6.42 Å². The zero-order chi connectivity index (χ0) is 18.0. The Bertz CT molecular complexity index is 882. The number of nitrogens with zero attached hydrogens (tertiary/aromatic N) is 1. The third-order valence-corrected chi connectivity index (χ3v) is 6.28. The lowest BCUT2D eigenvalue weighted by Gasteiger charge is -2.37. The average Bonchev–Trinajstić information content (AvgIpc) is 2.61. The summed E-state index contributed by atoms with van der Waals surface area (Å²) in [5.41, 5.74) is 0.408. The Hall–Kier alpha value is -2.06. The van der Waals surface area contributed by atoms with Gasteiger partial charge in [-0.1, -0.05) is 28.1 Å². The van der Waals surface area contributed by atoms with Crippen molar-refractivity contribution in [1.29, 1.82) is 0 Å². The van der Waals surface area contributed by atoms with Crippen LogP contribution < -0.4 is 9.04 Å². The number of sulfonamides is 1. The van der Waals surface area contributed by atoms with E-state index in [1.807, 2.05) is 0 Å². The summed E-state index contributed by atoms with van der Waals surface area (Å²) in [6.45, 7) is 0.0713. The predicted octanol–water partition coefficient (Wildman–Crippen LogP) is 2.97. The van der Waals surface area contributed by atoms with Gasteiger partial charge < -0.3 is 9.47 Å². The molecule has 25 heavy (non-hydrogen) atoms. The van der Waals surface area contributed by atoms with E-state index in [9.17, 15) is 13.2 Å². The van der Waals surface area contributed by atoms with Crippen LogP contribution in [0.25, 0.3) is 0 Å². The molecular formula is C17H16BrNO5S. The van der Waals surface area contributed by atoms with Gasteiger partial charge in [-0.25, -0.2) is 8.42 Å². The molecule has 1 heterocycles. The van der Waals surface area contributed by atoms with Crippen LogP contribution in [-0.2, 0) is 19.6 Å². The molecule has 0 saturated heterocycles. The molecule has 0 aliphatic carbocycles. The topological polar surface area (TPSA) is 72.9 Å². The van der Waals surface area contributed by atoms with E-state index in [2.05, 4.69) is 15.9 Å².